The lowest BCUT2D eigenvalue weighted by Crippen LogP contribution is -2.02. The maximum absolute atomic E-state index is 11.6. The number of nitrogens with two attached hydrogens (primary N) is 1. The standard InChI is InChI=1S/C21H23N3O2S/c1-4-24-15(13-17-18(22)8-5-9-20(17)24)7-6-12-23-19-11-10-16(27(3)25)14-21(19)26-2/h5,8-11,13-14,23H,4,12,22H2,1-3H3. The average molecular weight is 382 g/mol. The van der Waals surface area contributed by atoms with Crippen molar-refractivity contribution in [2.24, 2.45) is 0 Å². The number of nitrogens with one attached hydrogen (secondary N) is 1. The minimum Gasteiger partial charge on any atom is -0.495 e. The first-order valence-corrected chi connectivity index (χ1v) is 10.2. The summed E-state index contributed by atoms with van der Waals surface area (Å²) in [6, 6.07) is 13.4. The zero-order chi connectivity index (χ0) is 19.4. The molecule has 27 heavy (non-hydrogen) atoms. The van der Waals surface area contributed by atoms with Crippen molar-refractivity contribution >= 4 is 33.1 Å². The van der Waals surface area contributed by atoms with Gasteiger partial charge in [0, 0.05) is 39.6 Å². The van der Waals surface area contributed by atoms with Crippen LogP contribution < -0.4 is 15.8 Å². The molecule has 140 valence electrons. The molecule has 3 rings (SSSR count). The van der Waals surface area contributed by atoms with E-state index in [1.807, 2.05) is 30.3 Å². The Labute approximate surface area is 162 Å². The summed E-state index contributed by atoms with van der Waals surface area (Å²) >= 11 is 0. The highest BCUT2D eigenvalue weighted by Gasteiger charge is 2.08. The number of fused-ring (bicyclic) bond motifs is 1. The number of nitrogens with zero attached hydrogens (tertiary/aromatic N) is 1. The second-order valence-electron chi connectivity index (χ2n) is 6.03. The highest BCUT2D eigenvalue weighted by molar-refractivity contribution is 7.84. The van der Waals surface area contributed by atoms with Gasteiger partial charge in [-0.15, -0.1) is 0 Å². The summed E-state index contributed by atoms with van der Waals surface area (Å²) in [4.78, 5) is 0.730. The van der Waals surface area contributed by atoms with E-state index in [-0.39, 0.29) is 0 Å². The Balaban J connectivity index is 1.80. The lowest BCUT2D eigenvalue weighted by molar-refractivity contribution is 0.415. The highest BCUT2D eigenvalue weighted by Crippen LogP contribution is 2.27. The normalized spacial score (nSPS) is 11.7. The van der Waals surface area contributed by atoms with Crippen molar-refractivity contribution in [1.29, 1.82) is 0 Å². The number of methoxy groups -OCH3 is 1. The molecule has 3 aromatic rings. The van der Waals surface area contributed by atoms with E-state index < -0.39 is 10.8 Å². The third-order valence-corrected chi connectivity index (χ3v) is 5.30. The number of hydrogen-bond acceptors (Lipinski definition) is 4. The Morgan fingerprint density at radius 1 is 1.26 bits per heavy atom. The van der Waals surface area contributed by atoms with Crippen LogP contribution in [0.4, 0.5) is 11.4 Å². The van der Waals surface area contributed by atoms with Crippen LogP contribution in [0.3, 0.4) is 0 Å². The van der Waals surface area contributed by atoms with E-state index in [9.17, 15) is 4.21 Å². The van der Waals surface area contributed by atoms with Crippen molar-refractivity contribution in [3.05, 3.63) is 48.2 Å². The minimum absolute atomic E-state index is 0.464. The summed E-state index contributed by atoms with van der Waals surface area (Å²) in [5.41, 5.74) is 9.70. The van der Waals surface area contributed by atoms with Crippen LogP contribution in [0.15, 0.2) is 47.4 Å². The number of hydrogen-bond donors (Lipinski definition) is 2. The third-order valence-electron chi connectivity index (χ3n) is 4.38. The fourth-order valence-electron chi connectivity index (χ4n) is 3.02. The molecule has 2 aromatic carbocycles. The van der Waals surface area contributed by atoms with Gasteiger partial charge in [-0.3, -0.25) is 4.21 Å². The molecule has 0 aliphatic heterocycles. The first-order valence-electron chi connectivity index (χ1n) is 8.67. The van der Waals surface area contributed by atoms with Gasteiger partial charge >= 0.3 is 0 Å². The average Bonchev–Trinajstić information content (AvgIpc) is 3.04. The smallest absolute Gasteiger partial charge is 0.143 e. The molecule has 5 nitrogen and oxygen atoms in total. The molecule has 1 heterocycles. The predicted octanol–water partition coefficient (Wildman–Crippen LogP) is 3.45. The number of nitrogen functional groups attached to an aromatic ring is 1. The van der Waals surface area contributed by atoms with Crippen molar-refractivity contribution in [2.75, 3.05) is 31.0 Å². The van der Waals surface area contributed by atoms with Crippen molar-refractivity contribution < 1.29 is 8.95 Å². The fraction of sp³-hybridized carbons (Fsp3) is 0.238. The molecular weight excluding hydrogens is 358 g/mol. The second-order valence-corrected chi connectivity index (χ2v) is 7.41. The molecule has 3 N–H and O–H groups in total. The Morgan fingerprint density at radius 3 is 2.78 bits per heavy atom. The Hall–Kier alpha value is -2.91. The van der Waals surface area contributed by atoms with Gasteiger partial charge in [0.25, 0.3) is 0 Å². The van der Waals surface area contributed by atoms with Crippen LogP contribution in [0.5, 0.6) is 5.75 Å². The van der Waals surface area contributed by atoms with Gasteiger partial charge in [0.2, 0.25) is 0 Å². The van der Waals surface area contributed by atoms with Gasteiger partial charge < -0.3 is 20.4 Å². The molecule has 1 aromatic heterocycles. The van der Waals surface area contributed by atoms with Crippen LogP contribution in [-0.4, -0.2) is 28.7 Å². The van der Waals surface area contributed by atoms with E-state index in [0.717, 1.165) is 39.4 Å². The van der Waals surface area contributed by atoms with Gasteiger partial charge in [-0.25, -0.2) is 0 Å². The number of aromatic nitrogens is 1. The highest BCUT2D eigenvalue weighted by atomic mass is 32.2. The van der Waals surface area contributed by atoms with Crippen molar-refractivity contribution in [3.63, 3.8) is 0 Å². The summed E-state index contributed by atoms with van der Waals surface area (Å²) in [7, 11) is 0.552. The molecule has 0 aliphatic carbocycles. The molecule has 0 saturated carbocycles. The monoisotopic (exact) mass is 381 g/mol. The molecule has 6 heteroatoms. The summed E-state index contributed by atoms with van der Waals surface area (Å²) in [5.74, 6) is 7.03. The lowest BCUT2D eigenvalue weighted by Gasteiger charge is -2.10. The quantitative estimate of drug-likeness (QED) is 0.525. The van der Waals surface area contributed by atoms with E-state index in [1.165, 1.54) is 0 Å². The minimum atomic E-state index is -1.04. The van der Waals surface area contributed by atoms with Gasteiger partial charge in [0.15, 0.2) is 0 Å². The Kier molecular flexibility index (Phi) is 5.72. The van der Waals surface area contributed by atoms with Crippen molar-refractivity contribution in [1.82, 2.24) is 4.57 Å². The molecule has 1 unspecified atom stereocenters. The van der Waals surface area contributed by atoms with Crippen molar-refractivity contribution in [2.45, 2.75) is 18.4 Å². The summed E-state index contributed by atoms with van der Waals surface area (Å²) in [6.45, 7) is 3.38. The van der Waals surface area contributed by atoms with Crippen LogP contribution in [-0.2, 0) is 17.3 Å². The van der Waals surface area contributed by atoms with Crippen LogP contribution in [0.25, 0.3) is 10.9 Å². The van der Waals surface area contributed by atoms with Gasteiger partial charge in [0.05, 0.1) is 30.6 Å². The zero-order valence-electron chi connectivity index (χ0n) is 15.7. The molecule has 0 spiro atoms. The third kappa shape index (κ3) is 3.93. The molecule has 0 amide bonds. The van der Waals surface area contributed by atoms with E-state index in [4.69, 9.17) is 10.5 Å². The molecule has 0 fully saturated rings. The Bertz CT molecular complexity index is 1060. The van der Waals surface area contributed by atoms with Crippen LogP contribution in [0.2, 0.25) is 0 Å². The summed E-state index contributed by atoms with van der Waals surface area (Å²) in [6.07, 6.45) is 1.65. The molecule has 0 aliphatic rings. The van der Waals surface area contributed by atoms with E-state index in [2.05, 4.69) is 34.7 Å². The number of benzene rings is 2. The van der Waals surface area contributed by atoms with Crippen LogP contribution in [0.1, 0.15) is 12.6 Å². The van der Waals surface area contributed by atoms with Crippen LogP contribution in [0, 0.1) is 11.8 Å². The largest absolute Gasteiger partial charge is 0.495 e. The second kappa shape index (κ2) is 8.19. The van der Waals surface area contributed by atoms with Crippen molar-refractivity contribution in [3.8, 4) is 17.6 Å². The number of ether oxygens (including phenoxy) is 1. The maximum atomic E-state index is 11.6. The topological polar surface area (TPSA) is 69.3 Å². The molecule has 1 atom stereocenters. The van der Waals surface area contributed by atoms with E-state index in [0.29, 0.717) is 12.3 Å². The van der Waals surface area contributed by atoms with Gasteiger partial charge in [-0.05, 0) is 49.2 Å². The first-order chi connectivity index (χ1) is 13.0. The number of rotatable bonds is 5. The zero-order valence-corrected chi connectivity index (χ0v) is 16.5. The van der Waals surface area contributed by atoms with Gasteiger partial charge in [-0.1, -0.05) is 12.0 Å². The van der Waals surface area contributed by atoms with E-state index in [1.54, 1.807) is 19.4 Å². The summed E-state index contributed by atoms with van der Waals surface area (Å²) < 4.78 is 19.1. The molecule has 0 bridgehead atoms. The molecular formula is C21H23N3O2S. The van der Waals surface area contributed by atoms with E-state index >= 15 is 0 Å². The first kappa shape index (κ1) is 18.9. The maximum Gasteiger partial charge on any atom is 0.143 e. The molecule has 0 saturated heterocycles. The Morgan fingerprint density at radius 2 is 2.07 bits per heavy atom. The molecule has 0 radical (unpaired) electrons. The fourth-order valence-corrected chi connectivity index (χ4v) is 3.55. The lowest BCUT2D eigenvalue weighted by atomic mass is 10.2. The number of anilines is 2. The van der Waals surface area contributed by atoms with Gasteiger partial charge in [-0.2, -0.15) is 0 Å². The van der Waals surface area contributed by atoms with Gasteiger partial charge in [0.1, 0.15) is 5.75 Å². The number of aryl methyl sites for hydroxylation is 1. The SMILES string of the molecule is CCn1c(C#CCNc2ccc(S(C)=O)cc2OC)cc2c(N)cccc21. The summed E-state index contributed by atoms with van der Waals surface area (Å²) in [5, 5.41) is 4.28. The predicted molar refractivity (Wildman–Crippen MR) is 113 cm³/mol. The van der Waals surface area contributed by atoms with Crippen LogP contribution >= 0.6 is 0 Å².